The van der Waals surface area contributed by atoms with Gasteiger partial charge >= 0.3 is 0 Å². The molecule has 128 valence electrons. The molecule has 1 aromatic heterocycles. The SMILES string of the molecule is CCNC(=NCc1ccn(C)c1)NCC(OC)C(C)(C)C.I. The van der Waals surface area contributed by atoms with Crippen LogP contribution in [-0.4, -0.2) is 36.8 Å². The number of hydrogen-bond donors (Lipinski definition) is 2. The van der Waals surface area contributed by atoms with Crippen LogP contribution in [0.3, 0.4) is 0 Å². The van der Waals surface area contributed by atoms with Crippen LogP contribution in [0.4, 0.5) is 0 Å². The second-order valence-electron chi connectivity index (χ2n) is 6.35. The summed E-state index contributed by atoms with van der Waals surface area (Å²) in [6, 6.07) is 2.08. The van der Waals surface area contributed by atoms with Crippen molar-refractivity contribution in [2.75, 3.05) is 20.2 Å². The van der Waals surface area contributed by atoms with Gasteiger partial charge in [-0.15, -0.1) is 24.0 Å². The Morgan fingerprint density at radius 2 is 2.05 bits per heavy atom. The number of guanidine groups is 1. The molecule has 22 heavy (non-hydrogen) atoms. The molecule has 0 radical (unpaired) electrons. The molecular weight excluding hydrogens is 391 g/mol. The summed E-state index contributed by atoms with van der Waals surface area (Å²) < 4.78 is 7.59. The van der Waals surface area contributed by atoms with E-state index in [1.165, 1.54) is 5.56 Å². The predicted molar refractivity (Wildman–Crippen MR) is 104 cm³/mol. The molecule has 0 bridgehead atoms. The molecule has 0 aliphatic heterocycles. The highest BCUT2D eigenvalue weighted by molar-refractivity contribution is 14.0. The third-order valence-corrected chi connectivity index (χ3v) is 3.36. The molecular formula is C16H31IN4O. The molecule has 0 aliphatic carbocycles. The first kappa shape index (κ1) is 21.2. The summed E-state index contributed by atoms with van der Waals surface area (Å²) in [6.45, 7) is 10.8. The quantitative estimate of drug-likeness (QED) is 0.421. The molecule has 1 unspecified atom stereocenters. The monoisotopic (exact) mass is 422 g/mol. The molecule has 5 nitrogen and oxygen atoms in total. The van der Waals surface area contributed by atoms with Gasteiger partial charge in [0, 0.05) is 39.6 Å². The van der Waals surface area contributed by atoms with Gasteiger partial charge in [0.05, 0.1) is 12.6 Å². The predicted octanol–water partition coefficient (Wildman–Crippen LogP) is 2.76. The van der Waals surface area contributed by atoms with Crippen molar-refractivity contribution in [2.24, 2.45) is 17.5 Å². The zero-order chi connectivity index (χ0) is 15.9. The van der Waals surface area contributed by atoms with E-state index in [2.05, 4.69) is 55.6 Å². The molecule has 0 saturated heterocycles. The van der Waals surface area contributed by atoms with Crippen LogP contribution in [0.5, 0.6) is 0 Å². The van der Waals surface area contributed by atoms with Crippen molar-refractivity contribution in [2.45, 2.75) is 40.3 Å². The van der Waals surface area contributed by atoms with Gasteiger partial charge < -0.3 is 19.9 Å². The number of hydrogen-bond acceptors (Lipinski definition) is 2. The highest BCUT2D eigenvalue weighted by atomic mass is 127. The molecule has 1 aromatic rings. The van der Waals surface area contributed by atoms with Crippen LogP contribution in [0.2, 0.25) is 0 Å². The lowest BCUT2D eigenvalue weighted by atomic mass is 9.89. The first-order valence-electron chi connectivity index (χ1n) is 7.52. The summed E-state index contributed by atoms with van der Waals surface area (Å²) >= 11 is 0. The van der Waals surface area contributed by atoms with Crippen LogP contribution in [0, 0.1) is 5.41 Å². The van der Waals surface area contributed by atoms with E-state index in [0.29, 0.717) is 6.54 Å². The molecule has 0 aromatic carbocycles. The first-order chi connectivity index (χ1) is 9.86. The molecule has 6 heteroatoms. The molecule has 0 amide bonds. The maximum atomic E-state index is 5.56. The van der Waals surface area contributed by atoms with Crippen LogP contribution < -0.4 is 10.6 Å². The third-order valence-electron chi connectivity index (χ3n) is 3.36. The standard InChI is InChI=1S/C16H30N4O.HI/c1-7-17-15(18-10-13-8-9-20(5)12-13)19-11-14(21-6)16(2,3)4;/h8-9,12,14H,7,10-11H2,1-6H3,(H2,17,18,19);1H. The summed E-state index contributed by atoms with van der Waals surface area (Å²) in [4.78, 5) is 4.61. The minimum atomic E-state index is 0. The summed E-state index contributed by atoms with van der Waals surface area (Å²) in [5.41, 5.74) is 1.30. The fraction of sp³-hybridized carbons (Fsp3) is 0.688. The van der Waals surface area contributed by atoms with Gasteiger partial charge in [-0.1, -0.05) is 20.8 Å². The summed E-state index contributed by atoms with van der Waals surface area (Å²) in [5.74, 6) is 0.827. The minimum Gasteiger partial charge on any atom is -0.379 e. The van der Waals surface area contributed by atoms with Gasteiger partial charge in [0.2, 0.25) is 0 Å². The lowest BCUT2D eigenvalue weighted by molar-refractivity contribution is 0.0205. The fourth-order valence-corrected chi connectivity index (χ4v) is 2.10. The van der Waals surface area contributed by atoms with E-state index in [1.807, 2.05) is 17.8 Å². The Labute approximate surface area is 151 Å². The van der Waals surface area contributed by atoms with Gasteiger partial charge in [-0.25, -0.2) is 4.99 Å². The van der Waals surface area contributed by atoms with Crippen molar-refractivity contribution < 1.29 is 4.74 Å². The Bertz CT molecular complexity index is 451. The smallest absolute Gasteiger partial charge is 0.191 e. The molecule has 0 fully saturated rings. The number of rotatable bonds is 6. The van der Waals surface area contributed by atoms with Crippen molar-refractivity contribution in [3.8, 4) is 0 Å². The first-order valence-corrected chi connectivity index (χ1v) is 7.52. The number of aliphatic imine (C=N–C) groups is 1. The van der Waals surface area contributed by atoms with Crippen LogP contribution in [-0.2, 0) is 18.3 Å². The van der Waals surface area contributed by atoms with Crippen LogP contribution >= 0.6 is 24.0 Å². The van der Waals surface area contributed by atoms with Gasteiger partial charge in [0.25, 0.3) is 0 Å². The maximum Gasteiger partial charge on any atom is 0.191 e. The number of aromatic nitrogens is 1. The number of ether oxygens (including phenoxy) is 1. The zero-order valence-corrected chi connectivity index (χ0v) is 17.0. The average Bonchev–Trinajstić information content (AvgIpc) is 2.80. The van der Waals surface area contributed by atoms with Gasteiger partial charge in [-0.2, -0.15) is 0 Å². The van der Waals surface area contributed by atoms with Crippen molar-refractivity contribution in [3.05, 3.63) is 24.0 Å². The number of aryl methyl sites for hydroxylation is 1. The second-order valence-corrected chi connectivity index (χ2v) is 6.35. The van der Waals surface area contributed by atoms with Crippen molar-refractivity contribution in [1.82, 2.24) is 15.2 Å². The molecule has 1 heterocycles. The lowest BCUT2D eigenvalue weighted by Crippen LogP contribution is -2.45. The van der Waals surface area contributed by atoms with Gasteiger partial charge in [-0.3, -0.25) is 0 Å². The molecule has 0 spiro atoms. The number of nitrogens with one attached hydrogen (secondary N) is 2. The van der Waals surface area contributed by atoms with E-state index in [0.717, 1.165) is 19.0 Å². The normalized spacial score (nSPS) is 13.5. The van der Waals surface area contributed by atoms with E-state index < -0.39 is 0 Å². The topological polar surface area (TPSA) is 50.6 Å². The average molecular weight is 422 g/mol. The number of halogens is 1. The second kappa shape index (κ2) is 10.1. The Morgan fingerprint density at radius 3 is 2.50 bits per heavy atom. The van der Waals surface area contributed by atoms with Crippen molar-refractivity contribution in [1.29, 1.82) is 0 Å². The summed E-state index contributed by atoms with van der Waals surface area (Å²) in [5, 5.41) is 6.63. The molecule has 1 rings (SSSR count). The zero-order valence-electron chi connectivity index (χ0n) is 14.6. The number of methoxy groups -OCH3 is 1. The Morgan fingerprint density at radius 1 is 1.36 bits per heavy atom. The minimum absolute atomic E-state index is 0. The maximum absolute atomic E-state index is 5.56. The van der Waals surface area contributed by atoms with Gasteiger partial charge in [0.15, 0.2) is 5.96 Å². The van der Waals surface area contributed by atoms with Crippen molar-refractivity contribution >= 4 is 29.9 Å². The Hall–Kier alpha value is -0.760. The largest absolute Gasteiger partial charge is 0.379 e. The number of nitrogens with zero attached hydrogens (tertiary/aromatic N) is 2. The van der Waals surface area contributed by atoms with E-state index in [-0.39, 0.29) is 35.5 Å². The third kappa shape index (κ3) is 7.49. The van der Waals surface area contributed by atoms with Gasteiger partial charge in [-0.05, 0) is 24.0 Å². The lowest BCUT2D eigenvalue weighted by Gasteiger charge is -2.30. The molecule has 1 atom stereocenters. The van der Waals surface area contributed by atoms with E-state index in [1.54, 1.807) is 7.11 Å². The van der Waals surface area contributed by atoms with E-state index in [9.17, 15) is 0 Å². The fourth-order valence-electron chi connectivity index (χ4n) is 2.10. The van der Waals surface area contributed by atoms with Gasteiger partial charge in [0.1, 0.15) is 0 Å². The molecule has 2 N–H and O–H groups in total. The Kier molecular flexibility index (Phi) is 9.75. The molecule has 0 aliphatic rings. The van der Waals surface area contributed by atoms with Crippen LogP contribution in [0.25, 0.3) is 0 Å². The van der Waals surface area contributed by atoms with E-state index >= 15 is 0 Å². The summed E-state index contributed by atoms with van der Waals surface area (Å²) in [6.07, 6.45) is 4.25. The summed E-state index contributed by atoms with van der Waals surface area (Å²) in [7, 11) is 3.77. The van der Waals surface area contributed by atoms with E-state index in [4.69, 9.17) is 4.74 Å². The Balaban J connectivity index is 0.00000441. The highest BCUT2D eigenvalue weighted by Crippen LogP contribution is 2.20. The highest BCUT2D eigenvalue weighted by Gasteiger charge is 2.24. The van der Waals surface area contributed by atoms with Crippen molar-refractivity contribution in [3.63, 3.8) is 0 Å². The molecule has 0 saturated carbocycles. The van der Waals surface area contributed by atoms with Crippen LogP contribution in [0.15, 0.2) is 23.5 Å². The van der Waals surface area contributed by atoms with Crippen LogP contribution in [0.1, 0.15) is 33.3 Å².